The number of aromatic nitrogens is 4. The van der Waals surface area contributed by atoms with Crippen molar-refractivity contribution >= 4 is 16.7 Å². The minimum absolute atomic E-state index is 0.554. The molecule has 2 heterocycles. The zero-order chi connectivity index (χ0) is 15.4. The van der Waals surface area contributed by atoms with E-state index in [0.29, 0.717) is 19.1 Å². The molecule has 3 rings (SSSR count). The molecule has 0 saturated carbocycles. The van der Waals surface area contributed by atoms with Gasteiger partial charge in [-0.05, 0) is 18.2 Å². The minimum atomic E-state index is 0.554. The largest absolute Gasteiger partial charge is 0.383 e. The van der Waals surface area contributed by atoms with Gasteiger partial charge < -0.3 is 10.1 Å². The van der Waals surface area contributed by atoms with E-state index < -0.39 is 0 Å². The van der Waals surface area contributed by atoms with Gasteiger partial charge in [0, 0.05) is 37.0 Å². The smallest absolute Gasteiger partial charge is 0.237 e. The summed E-state index contributed by atoms with van der Waals surface area (Å²) >= 11 is 0. The maximum atomic E-state index is 5.48. The van der Waals surface area contributed by atoms with E-state index in [1.165, 1.54) is 0 Å². The first-order chi connectivity index (χ1) is 10.8. The first-order valence-electron chi connectivity index (χ1n) is 6.81. The van der Waals surface area contributed by atoms with Crippen LogP contribution in [-0.2, 0) is 4.74 Å². The van der Waals surface area contributed by atoms with Crippen molar-refractivity contribution in [2.45, 2.75) is 0 Å². The Morgan fingerprint density at radius 3 is 3.00 bits per heavy atom. The van der Waals surface area contributed by atoms with Crippen LogP contribution >= 0.6 is 0 Å². The van der Waals surface area contributed by atoms with Crippen molar-refractivity contribution in [1.82, 2.24) is 19.5 Å². The van der Waals surface area contributed by atoms with Crippen LogP contribution in [0.2, 0.25) is 0 Å². The number of terminal acetylenes is 1. The van der Waals surface area contributed by atoms with Gasteiger partial charge in [0.2, 0.25) is 5.95 Å². The summed E-state index contributed by atoms with van der Waals surface area (Å²) in [5.74, 6) is 3.91. The second-order valence-corrected chi connectivity index (χ2v) is 4.64. The number of nitrogens with zero attached hydrogens (tertiary/aromatic N) is 4. The fraction of sp³-hybridized carbons (Fsp3) is 0.188. The van der Waals surface area contributed by atoms with Crippen LogP contribution in [0.25, 0.3) is 16.9 Å². The van der Waals surface area contributed by atoms with Crippen LogP contribution in [0.1, 0.15) is 5.56 Å². The van der Waals surface area contributed by atoms with Gasteiger partial charge in [-0.2, -0.15) is 4.98 Å². The van der Waals surface area contributed by atoms with Crippen LogP contribution in [0, 0.1) is 12.3 Å². The molecule has 0 radical (unpaired) electrons. The van der Waals surface area contributed by atoms with Gasteiger partial charge in [-0.15, -0.1) is 6.42 Å². The van der Waals surface area contributed by atoms with Crippen molar-refractivity contribution in [2.75, 3.05) is 25.6 Å². The van der Waals surface area contributed by atoms with Gasteiger partial charge in [0.25, 0.3) is 0 Å². The van der Waals surface area contributed by atoms with Gasteiger partial charge in [0.1, 0.15) is 12.1 Å². The molecule has 110 valence electrons. The summed E-state index contributed by atoms with van der Waals surface area (Å²) in [6.45, 7) is 1.23. The lowest BCUT2D eigenvalue weighted by Gasteiger charge is -2.11. The number of fused-ring (bicyclic) bond motifs is 1. The number of nitrogens with one attached hydrogen (secondary N) is 1. The van der Waals surface area contributed by atoms with Crippen molar-refractivity contribution in [3.8, 4) is 18.3 Å². The van der Waals surface area contributed by atoms with Crippen LogP contribution < -0.4 is 5.32 Å². The number of methoxy groups -OCH3 is 1. The molecule has 0 aliphatic carbocycles. The molecule has 0 fully saturated rings. The Kier molecular flexibility index (Phi) is 3.99. The third-order valence-electron chi connectivity index (χ3n) is 3.18. The highest BCUT2D eigenvalue weighted by molar-refractivity contribution is 5.90. The van der Waals surface area contributed by atoms with Crippen molar-refractivity contribution in [1.29, 1.82) is 0 Å². The summed E-state index contributed by atoms with van der Waals surface area (Å²) in [5.41, 5.74) is 1.61. The molecule has 0 spiro atoms. The number of rotatable bonds is 5. The number of hydrogen-bond donors (Lipinski definition) is 1. The molecule has 1 N–H and O–H groups in total. The van der Waals surface area contributed by atoms with Crippen LogP contribution in [0.4, 0.5) is 5.82 Å². The Labute approximate surface area is 128 Å². The molecule has 2 aromatic heterocycles. The maximum Gasteiger partial charge on any atom is 0.237 e. The van der Waals surface area contributed by atoms with Gasteiger partial charge in [0.05, 0.1) is 12.1 Å². The summed E-state index contributed by atoms with van der Waals surface area (Å²) in [7, 11) is 1.66. The Hall–Kier alpha value is -2.91. The van der Waals surface area contributed by atoms with Gasteiger partial charge in [-0.1, -0.05) is 5.92 Å². The molecule has 0 saturated heterocycles. The van der Waals surface area contributed by atoms with E-state index in [2.05, 4.69) is 26.2 Å². The normalized spacial score (nSPS) is 10.5. The zero-order valence-corrected chi connectivity index (χ0v) is 12.2. The van der Waals surface area contributed by atoms with Crippen LogP contribution in [0.5, 0.6) is 0 Å². The van der Waals surface area contributed by atoms with Gasteiger partial charge in [0.15, 0.2) is 0 Å². The molecule has 22 heavy (non-hydrogen) atoms. The summed E-state index contributed by atoms with van der Waals surface area (Å²) in [6, 6.07) is 5.67. The summed E-state index contributed by atoms with van der Waals surface area (Å²) in [4.78, 5) is 13.1. The molecule has 3 aromatic rings. The van der Waals surface area contributed by atoms with Gasteiger partial charge in [-0.3, -0.25) is 4.57 Å². The van der Waals surface area contributed by atoms with E-state index in [1.54, 1.807) is 30.4 Å². The highest BCUT2D eigenvalue weighted by atomic mass is 16.5. The molecule has 6 nitrogen and oxygen atoms in total. The van der Waals surface area contributed by atoms with Crippen molar-refractivity contribution < 1.29 is 4.74 Å². The standard InChI is InChI=1S/C16H15N5O/c1-3-12-4-5-14-13(10-12)15(18-7-9-22-2)20-16(19-14)21-8-6-17-11-21/h1,4-6,8,10-11H,7,9H2,2H3,(H,18,19,20). The van der Waals surface area contributed by atoms with E-state index >= 15 is 0 Å². The second kappa shape index (κ2) is 6.24. The maximum absolute atomic E-state index is 5.48. The Balaban J connectivity index is 2.11. The summed E-state index contributed by atoms with van der Waals surface area (Å²) in [6.07, 6.45) is 10.6. The fourth-order valence-corrected chi connectivity index (χ4v) is 2.11. The number of ether oxygens (including phenoxy) is 1. The monoisotopic (exact) mass is 293 g/mol. The first kappa shape index (κ1) is 14.0. The predicted molar refractivity (Wildman–Crippen MR) is 85.0 cm³/mol. The van der Waals surface area contributed by atoms with Crippen LogP contribution in [0.15, 0.2) is 36.9 Å². The summed E-state index contributed by atoms with van der Waals surface area (Å²) in [5, 5.41) is 4.15. The Morgan fingerprint density at radius 1 is 1.36 bits per heavy atom. The third-order valence-corrected chi connectivity index (χ3v) is 3.18. The molecule has 6 heteroatoms. The molecular weight excluding hydrogens is 278 g/mol. The van der Waals surface area contributed by atoms with E-state index in [-0.39, 0.29) is 0 Å². The number of anilines is 1. The highest BCUT2D eigenvalue weighted by Crippen LogP contribution is 2.22. The average Bonchev–Trinajstić information content (AvgIpc) is 3.09. The topological polar surface area (TPSA) is 64.9 Å². The molecule has 0 aliphatic heterocycles. The number of benzene rings is 1. The molecule has 0 bridgehead atoms. The van der Waals surface area contributed by atoms with Gasteiger partial charge in [-0.25, -0.2) is 9.97 Å². The molecule has 0 amide bonds. The lowest BCUT2D eigenvalue weighted by Crippen LogP contribution is -2.11. The van der Waals surface area contributed by atoms with Crippen LogP contribution in [0.3, 0.4) is 0 Å². The molecule has 1 aromatic carbocycles. The number of imidazole rings is 1. The molecule has 0 unspecified atom stereocenters. The minimum Gasteiger partial charge on any atom is -0.383 e. The van der Waals surface area contributed by atoms with Crippen molar-refractivity contribution in [2.24, 2.45) is 0 Å². The lowest BCUT2D eigenvalue weighted by molar-refractivity contribution is 0.210. The lowest BCUT2D eigenvalue weighted by atomic mass is 10.1. The quantitative estimate of drug-likeness (QED) is 0.574. The fourth-order valence-electron chi connectivity index (χ4n) is 2.11. The average molecular weight is 293 g/mol. The van der Waals surface area contributed by atoms with Crippen molar-refractivity contribution in [3.63, 3.8) is 0 Å². The Morgan fingerprint density at radius 2 is 2.27 bits per heavy atom. The third kappa shape index (κ3) is 2.75. The molecule has 0 aliphatic rings. The zero-order valence-electron chi connectivity index (χ0n) is 12.2. The van der Waals surface area contributed by atoms with E-state index in [4.69, 9.17) is 11.2 Å². The Bertz CT molecular complexity index is 820. The first-order valence-corrected chi connectivity index (χ1v) is 6.81. The SMILES string of the molecule is C#Cc1ccc2nc(-n3ccnc3)nc(NCCOC)c2c1. The van der Waals surface area contributed by atoms with E-state index in [1.807, 2.05) is 18.2 Å². The molecule has 0 atom stereocenters. The number of hydrogen-bond acceptors (Lipinski definition) is 5. The highest BCUT2D eigenvalue weighted by Gasteiger charge is 2.09. The summed E-state index contributed by atoms with van der Waals surface area (Å²) < 4.78 is 6.83. The molecular formula is C16H15N5O. The van der Waals surface area contributed by atoms with Gasteiger partial charge >= 0.3 is 0 Å². The van der Waals surface area contributed by atoms with E-state index in [9.17, 15) is 0 Å². The van der Waals surface area contributed by atoms with Crippen LogP contribution in [-0.4, -0.2) is 39.8 Å². The van der Waals surface area contributed by atoms with Crippen molar-refractivity contribution in [3.05, 3.63) is 42.5 Å². The predicted octanol–water partition coefficient (Wildman–Crippen LogP) is 1.86. The van der Waals surface area contributed by atoms with E-state index in [0.717, 1.165) is 22.3 Å². The second-order valence-electron chi connectivity index (χ2n) is 4.64.